The lowest BCUT2D eigenvalue weighted by Gasteiger charge is -2.37. The molecule has 5 nitrogen and oxygen atoms in total. The first-order valence-electron chi connectivity index (χ1n) is 7.23. The summed E-state index contributed by atoms with van der Waals surface area (Å²) in [4.78, 5) is 7.12. The Kier molecular flexibility index (Phi) is 5.61. The normalized spacial score (nSPS) is 16.5. The lowest BCUT2D eigenvalue weighted by molar-refractivity contribution is 0.229. The molecule has 1 aliphatic heterocycles. The third-order valence-corrected chi connectivity index (χ3v) is 4.47. The Balaban J connectivity index is 1.94. The second-order valence-electron chi connectivity index (χ2n) is 5.71. The van der Waals surface area contributed by atoms with E-state index in [1.807, 2.05) is 12.1 Å². The van der Waals surface area contributed by atoms with Gasteiger partial charge in [-0.3, -0.25) is 10.3 Å². The number of hydrogen-bond donors (Lipinski definition) is 2. The molecule has 0 unspecified atom stereocenters. The van der Waals surface area contributed by atoms with Gasteiger partial charge < -0.3 is 15.5 Å². The van der Waals surface area contributed by atoms with Crippen LogP contribution in [0.4, 0.5) is 5.69 Å². The fourth-order valence-corrected chi connectivity index (χ4v) is 3.11. The molecule has 0 atom stereocenters. The number of nitrogens with zero attached hydrogens (tertiary/aromatic N) is 3. The lowest BCUT2D eigenvalue weighted by Crippen LogP contribution is -2.48. The molecule has 1 aromatic carbocycles. The van der Waals surface area contributed by atoms with Gasteiger partial charge in [-0.1, -0.05) is 0 Å². The number of nitrogen functional groups attached to an aromatic ring is 1. The van der Waals surface area contributed by atoms with Gasteiger partial charge in [0.25, 0.3) is 0 Å². The van der Waals surface area contributed by atoms with E-state index in [-0.39, 0.29) is 5.84 Å². The highest BCUT2D eigenvalue weighted by Crippen LogP contribution is 2.28. The summed E-state index contributed by atoms with van der Waals surface area (Å²) in [5.41, 5.74) is 7.47. The van der Waals surface area contributed by atoms with Crippen LogP contribution in [0, 0.1) is 5.41 Å². The van der Waals surface area contributed by atoms with E-state index in [0.29, 0.717) is 0 Å². The van der Waals surface area contributed by atoms with Crippen LogP contribution in [0.2, 0.25) is 0 Å². The van der Waals surface area contributed by atoms with E-state index in [4.69, 9.17) is 11.1 Å². The highest BCUT2D eigenvalue weighted by molar-refractivity contribution is 9.10. The van der Waals surface area contributed by atoms with Gasteiger partial charge in [0.05, 0.1) is 5.69 Å². The summed E-state index contributed by atoms with van der Waals surface area (Å²) in [6.45, 7) is 6.49. The molecule has 0 spiro atoms. The average molecular weight is 354 g/mol. The van der Waals surface area contributed by atoms with Crippen molar-refractivity contribution in [1.29, 1.82) is 5.41 Å². The van der Waals surface area contributed by atoms with E-state index >= 15 is 0 Å². The quantitative estimate of drug-likeness (QED) is 0.620. The molecule has 116 valence electrons. The zero-order valence-corrected chi connectivity index (χ0v) is 14.4. The van der Waals surface area contributed by atoms with Gasteiger partial charge in [-0.2, -0.15) is 0 Å². The predicted octanol–water partition coefficient (Wildman–Crippen LogP) is 1.42. The van der Waals surface area contributed by atoms with Gasteiger partial charge in [-0.25, -0.2) is 0 Å². The first-order chi connectivity index (χ1) is 9.97. The topological polar surface area (TPSA) is 59.6 Å². The molecule has 0 radical (unpaired) electrons. The molecule has 1 saturated heterocycles. The molecule has 1 aliphatic rings. The van der Waals surface area contributed by atoms with Crippen molar-refractivity contribution >= 4 is 27.5 Å². The zero-order valence-electron chi connectivity index (χ0n) is 12.8. The van der Waals surface area contributed by atoms with Crippen molar-refractivity contribution in [2.24, 2.45) is 5.73 Å². The van der Waals surface area contributed by atoms with E-state index in [1.54, 1.807) is 0 Å². The van der Waals surface area contributed by atoms with Crippen LogP contribution in [0.25, 0.3) is 0 Å². The smallest absolute Gasteiger partial charge is 0.122 e. The van der Waals surface area contributed by atoms with E-state index in [0.717, 1.165) is 49.3 Å². The largest absolute Gasteiger partial charge is 0.384 e. The monoisotopic (exact) mass is 353 g/mol. The number of rotatable bonds is 5. The lowest BCUT2D eigenvalue weighted by atomic mass is 10.1. The summed E-state index contributed by atoms with van der Waals surface area (Å²) in [5, 5.41) is 7.49. The Morgan fingerprint density at radius 3 is 2.48 bits per heavy atom. The van der Waals surface area contributed by atoms with Gasteiger partial charge in [-0.15, -0.1) is 0 Å². The Hall–Kier alpha value is -1.11. The second kappa shape index (κ2) is 7.24. The summed E-state index contributed by atoms with van der Waals surface area (Å²) in [7, 11) is 4.23. The number of hydrogen-bond acceptors (Lipinski definition) is 4. The van der Waals surface area contributed by atoms with Crippen molar-refractivity contribution in [2.75, 3.05) is 58.3 Å². The molecule has 0 aliphatic carbocycles. The van der Waals surface area contributed by atoms with Crippen molar-refractivity contribution in [1.82, 2.24) is 9.80 Å². The molecule has 2 rings (SSSR count). The van der Waals surface area contributed by atoms with Crippen LogP contribution in [0.3, 0.4) is 0 Å². The molecule has 0 aromatic heterocycles. The average Bonchev–Trinajstić information content (AvgIpc) is 2.45. The second-order valence-corrected chi connectivity index (χ2v) is 6.57. The highest BCUT2D eigenvalue weighted by atomic mass is 79.9. The van der Waals surface area contributed by atoms with Crippen LogP contribution >= 0.6 is 15.9 Å². The number of benzene rings is 1. The van der Waals surface area contributed by atoms with Gasteiger partial charge >= 0.3 is 0 Å². The highest BCUT2D eigenvalue weighted by Gasteiger charge is 2.18. The maximum atomic E-state index is 7.49. The predicted molar refractivity (Wildman–Crippen MR) is 92.4 cm³/mol. The van der Waals surface area contributed by atoms with Crippen LogP contribution < -0.4 is 10.6 Å². The third kappa shape index (κ3) is 4.43. The standard InChI is InChI=1S/C15H24BrN5/c1-19(2)5-6-20-7-9-21(10-8-20)14-4-3-12(15(17)18)11-13(14)16/h3-4,11H,5-10H2,1-2H3,(H3,17,18). The van der Waals surface area contributed by atoms with Crippen LogP contribution in [-0.4, -0.2) is 69.0 Å². The summed E-state index contributed by atoms with van der Waals surface area (Å²) in [5.74, 6) is 0.107. The van der Waals surface area contributed by atoms with Crippen LogP contribution in [-0.2, 0) is 0 Å². The Morgan fingerprint density at radius 1 is 1.29 bits per heavy atom. The van der Waals surface area contributed by atoms with Gasteiger partial charge in [-0.05, 0) is 48.2 Å². The molecular formula is C15H24BrN5. The summed E-state index contributed by atoms with van der Waals surface area (Å²) in [6.07, 6.45) is 0. The van der Waals surface area contributed by atoms with E-state index < -0.39 is 0 Å². The fourth-order valence-electron chi connectivity index (χ4n) is 2.48. The number of nitrogens with two attached hydrogens (primary N) is 1. The third-order valence-electron chi connectivity index (χ3n) is 3.84. The maximum Gasteiger partial charge on any atom is 0.122 e. The summed E-state index contributed by atoms with van der Waals surface area (Å²) < 4.78 is 1.01. The SMILES string of the molecule is CN(C)CCN1CCN(c2ccc(C(=N)N)cc2Br)CC1. The number of likely N-dealkylation sites (N-methyl/N-ethyl adjacent to an activating group) is 1. The molecule has 0 saturated carbocycles. The minimum Gasteiger partial charge on any atom is -0.384 e. The molecule has 1 aromatic rings. The molecule has 1 fully saturated rings. The van der Waals surface area contributed by atoms with E-state index in [1.165, 1.54) is 5.69 Å². The molecule has 0 amide bonds. The number of halogens is 1. The Morgan fingerprint density at radius 2 is 1.95 bits per heavy atom. The zero-order chi connectivity index (χ0) is 15.4. The minimum absolute atomic E-state index is 0.107. The first-order valence-corrected chi connectivity index (χ1v) is 8.02. The fraction of sp³-hybridized carbons (Fsp3) is 0.533. The van der Waals surface area contributed by atoms with Gasteiger partial charge in [0.15, 0.2) is 0 Å². The van der Waals surface area contributed by atoms with Crippen molar-refractivity contribution in [3.63, 3.8) is 0 Å². The van der Waals surface area contributed by atoms with Crippen LogP contribution in [0.5, 0.6) is 0 Å². The van der Waals surface area contributed by atoms with Crippen molar-refractivity contribution < 1.29 is 0 Å². The van der Waals surface area contributed by atoms with Crippen LogP contribution in [0.1, 0.15) is 5.56 Å². The Labute approximate surface area is 135 Å². The molecule has 0 bridgehead atoms. The van der Waals surface area contributed by atoms with Crippen LogP contribution in [0.15, 0.2) is 22.7 Å². The number of nitrogens with one attached hydrogen (secondary N) is 1. The molecule has 1 heterocycles. The molecule has 6 heteroatoms. The molecular weight excluding hydrogens is 330 g/mol. The minimum atomic E-state index is 0.107. The number of piperazine rings is 1. The van der Waals surface area contributed by atoms with E-state index in [9.17, 15) is 0 Å². The first kappa shape index (κ1) is 16.3. The van der Waals surface area contributed by atoms with E-state index in [2.05, 4.69) is 50.8 Å². The maximum absolute atomic E-state index is 7.49. The van der Waals surface area contributed by atoms with Crippen molar-refractivity contribution in [3.8, 4) is 0 Å². The van der Waals surface area contributed by atoms with Crippen molar-refractivity contribution in [2.45, 2.75) is 0 Å². The summed E-state index contributed by atoms with van der Waals surface area (Å²) >= 11 is 3.60. The number of amidine groups is 1. The Bertz CT molecular complexity index is 495. The number of anilines is 1. The van der Waals surface area contributed by atoms with Gasteiger partial charge in [0.2, 0.25) is 0 Å². The van der Waals surface area contributed by atoms with Crippen molar-refractivity contribution in [3.05, 3.63) is 28.2 Å². The van der Waals surface area contributed by atoms with Gasteiger partial charge in [0, 0.05) is 49.3 Å². The molecule has 21 heavy (non-hydrogen) atoms. The summed E-state index contributed by atoms with van der Waals surface area (Å²) in [6, 6.07) is 5.90. The molecule has 3 N–H and O–H groups in total. The van der Waals surface area contributed by atoms with Gasteiger partial charge in [0.1, 0.15) is 5.84 Å².